The maximum atomic E-state index is 12.8. The van der Waals surface area contributed by atoms with Crippen LogP contribution in [-0.4, -0.2) is 64.1 Å². The Hall–Kier alpha value is -2.95. The number of ether oxygens (including phenoxy) is 3. The molecule has 1 heterocycles. The van der Waals surface area contributed by atoms with Gasteiger partial charge in [-0.3, -0.25) is 4.79 Å². The van der Waals surface area contributed by atoms with E-state index in [9.17, 15) is 18.0 Å². The number of hydrogen-bond donors (Lipinski definition) is 1. The molecule has 1 fully saturated rings. The smallest absolute Gasteiger partial charge is 0.338 e. The minimum absolute atomic E-state index is 0.0146. The van der Waals surface area contributed by atoms with Gasteiger partial charge in [-0.15, -0.1) is 0 Å². The van der Waals surface area contributed by atoms with Crippen LogP contribution in [0.25, 0.3) is 0 Å². The molecule has 1 saturated heterocycles. The van der Waals surface area contributed by atoms with Crippen molar-refractivity contribution < 1.29 is 32.2 Å². The maximum absolute atomic E-state index is 12.8. The van der Waals surface area contributed by atoms with Crippen LogP contribution < -0.4 is 10.1 Å². The highest BCUT2D eigenvalue weighted by Gasteiger charge is 2.27. The Labute approximate surface area is 181 Å². The summed E-state index contributed by atoms with van der Waals surface area (Å²) >= 11 is 0. The minimum atomic E-state index is -3.75. The molecule has 3 rings (SSSR count). The number of nitrogens with zero attached hydrogens (tertiary/aromatic N) is 1. The normalized spacial score (nSPS) is 15.7. The fourth-order valence-electron chi connectivity index (χ4n) is 2.92. The van der Waals surface area contributed by atoms with Crippen LogP contribution in [0, 0.1) is 0 Å². The Bertz CT molecular complexity index is 1030. The summed E-state index contributed by atoms with van der Waals surface area (Å²) in [4.78, 5) is 24.8. The van der Waals surface area contributed by atoms with Gasteiger partial charge in [0.1, 0.15) is 5.75 Å². The second kappa shape index (κ2) is 9.90. The molecular formula is C21H24N2O7S. The molecule has 2 aromatic rings. The lowest BCUT2D eigenvalue weighted by atomic mass is 10.2. The summed E-state index contributed by atoms with van der Waals surface area (Å²) in [5.74, 6) is -0.670. The molecule has 0 aromatic heterocycles. The van der Waals surface area contributed by atoms with E-state index in [1.54, 1.807) is 24.3 Å². The summed E-state index contributed by atoms with van der Waals surface area (Å²) < 4.78 is 42.4. The average molecular weight is 448 g/mol. The lowest BCUT2D eigenvalue weighted by molar-refractivity contribution is -0.123. The van der Waals surface area contributed by atoms with E-state index in [0.29, 0.717) is 24.7 Å². The van der Waals surface area contributed by atoms with E-state index in [0.717, 1.165) is 0 Å². The largest absolute Gasteiger partial charge is 0.497 e. The van der Waals surface area contributed by atoms with Crippen LogP contribution in [0.4, 0.5) is 5.69 Å². The Morgan fingerprint density at radius 1 is 1.10 bits per heavy atom. The quantitative estimate of drug-likeness (QED) is 0.644. The van der Waals surface area contributed by atoms with Crippen molar-refractivity contribution in [2.24, 2.45) is 0 Å². The molecule has 1 aliphatic rings. The van der Waals surface area contributed by atoms with E-state index < -0.39 is 28.0 Å². The van der Waals surface area contributed by atoms with Crippen molar-refractivity contribution in [2.75, 3.05) is 38.7 Å². The minimum Gasteiger partial charge on any atom is -0.497 e. The number of esters is 1. The van der Waals surface area contributed by atoms with Gasteiger partial charge in [-0.2, -0.15) is 4.31 Å². The van der Waals surface area contributed by atoms with Crippen LogP contribution in [0.2, 0.25) is 0 Å². The lowest BCUT2D eigenvalue weighted by Crippen LogP contribution is -2.40. The molecule has 9 nitrogen and oxygen atoms in total. The van der Waals surface area contributed by atoms with Crippen LogP contribution in [0.3, 0.4) is 0 Å². The van der Waals surface area contributed by atoms with Gasteiger partial charge in [0.15, 0.2) is 6.10 Å². The molecule has 1 amide bonds. The molecule has 1 atom stereocenters. The van der Waals surface area contributed by atoms with Gasteiger partial charge in [-0.05, 0) is 49.4 Å². The number of morpholine rings is 1. The maximum Gasteiger partial charge on any atom is 0.338 e. The van der Waals surface area contributed by atoms with Crippen molar-refractivity contribution in [3.8, 4) is 5.75 Å². The number of hydrogen-bond acceptors (Lipinski definition) is 7. The summed E-state index contributed by atoms with van der Waals surface area (Å²) in [6, 6.07) is 12.3. The monoisotopic (exact) mass is 448 g/mol. The molecule has 0 spiro atoms. The highest BCUT2D eigenvalue weighted by molar-refractivity contribution is 7.89. The zero-order chi connectivity index (χ0) is 22.4. The van der Waals surface area contributed by atoms with Crippen LogP contribution in [0.5, 0.6) is 5.75 Å². The molecule has 0 bridgehead atoms. The molecule has 2 aromatic carbocycles. The topological polar surface area (TPSA) is 111 Å². The number of carbonyl (C=O) groups is 2. The first-order chi connectivity index (χ1) is 14.8. The number of methoxy groups -OCH3 is 1. The van der Waals surface area contributed by atoms with Gasteiger partial charge >= 0.3 is 5.97 Å². The van der Waals surface area contributed by atoms with Crippen molar-refractivity contribution in [1.82, 2.24) is 4.31 Å². The van der Waals surface area contributed by atoms with Crippen LogP contribution >= 0.6 is 0 Å². The van der Waals surface area contributed by atoms with Gasteiger partial charge in [-0.1, -0.05) is 6.07 Å². The molecular weight excluding hydrogens is 424 g/mol. The lowest BCUT2D eigenvalue weighted by Gasteiger charge is -2.26. The Balaban J connectivity index is 1.65. The molecule has 1 unspecified atom stereocenters. The second-order valence-corrected chi connectivity index (χ2v) is 8.75. The van der Waals surface area contributed by atoms with Gasteiger partial charge in [0.25, 0.3) is 5.91 Å². The van der Waals surface area contributed by atoms with E-state index in [2.05, 4.69) is 5.32 Å². The number of amides is 1. The molecule has 1 N–H and O–H groups in total. The fourth-order valence-corrected chi connectivity index (χ4v) is 4.37. The number of anilines is 1. The SMILES string of the molecule is COc1ccc(NC(=O)C(C)OC(=O)c2cccc(S(=O)(=O)N3CCOCC3)c2)cc1. The second-order valence-electron chi connectivity index (χ2n) is 6.81. The molecule has 0 radical (unpaired) electrons. The van der Waals surface area contributed by atoms with E-state index >= 15 is 0 Å². The van der Waals surface area contributed by atoms with Crippen molar-refractivity contribution in [2.45, 2.75) is 17.9 Å². The first kappa shape index (κ1) is 22.7. The van der Waals surface area contributed by atoms with Crippen molar-refractivity contribution >= 4 is 27.6 Å². The third kappa shape index (κ3) is 5.60. The van der Waals surface area contributed by atoms with E-state index in [-0.39, 0.29) is 23.5 Å². The van der Waals surface area contributed by atoms with Crippen LogP contribution in [0.1, 0.15) is 17.3 Å². The average Bonchev–Trinajstić information content (AvgIpc) is 2.80. The summed E-state index contributed by atoms with van der Waals surface area (Å²) in [6.07, 6.45) is -1.09. The first-order valence-electron chi connectivity index (χ1n) is 9.65. The molecule has 1 aliphatic heterocycles. The van der Waals surface area contributed by atoms with E-state index in [1.807, 2.05) is 0 Å². The Morgan fingerprint density at radius 3 is 2.42 bits per heavy atom. The highest BCUT2D eigenvalue weighted by atomic mass is 32.2. The summed E-state index contributed by atoms with van der Waals surface area (Å²) in [7, 11) is -2.22. The number of nitrogens with one attached hydrogen (secondary N) is 1. The van der Waals surface area contributed by atoms with Gasteiger partial charge in [-0.25, -0.2) is 13.2 Å². The third-order valence-electron chi connectivity index (χ3n) is 4.69. The molecule has 10 heteroatoms. The van der Waals surface area contributed by atoms with Crippen molar-refractivity contribution in [1.29, 1.82) is 0 Å². The Kier molecular flexibility index (Phi) is 7.26. The highest BCUT2D eigenvalue weighted by Crippen LogP contribution is 2.20. The van der Waals surface area contributed by atoms with Crippen LogP contribution in [0.15, 0.2) is 53.4 Å². The molecule has 0 saturated carbocycles. The van der Waals surface area contributed by atoms with Gasteiger partial charge in [0.2, 0.25) is 10.0 Å². The van der Waals surface area contributed by atoms with Crippen LogP contribution in [-0.2, 0) is 24.3 Å². The Morgan fingerprint density at radius 2 is 1.77 bits per heavy atom. The predicted octanol–water partition coefficient (Wildman–Crippen LogP) is 1.90. The molecule has 31 heavy (non-hydrogen) atoms. The van der Waals surface area contributed by atoms with Crippen molar-refractivity contribution in [3.05, 3.63) is 54.1 Å². The van der Waals surface area contributed by atoms with E-state index in [4.69, 9.17) is 14.2 Å². The van der Waals surface area contributed by atoms with Crippen molar-refractivity contribution in [3.63, 3.8) is 0 Å². The third-order valence-corrected chi connectivity index (χ3v) is 6.58. The summed E-state index contributed by atoms with van der Waals surface area (Å²) in [5, 5.41) is 2.64. The van der Waals surface area contributed by atoms with E-state index in [1.165, 1.54) is 42.6 Å². The zero-order valence-electron chi connectivity index (χ0n) is 17.2. The summed E-state index contributed by atoms with van der Waals surface area (Å²) in [5.41, 5.74) is 0.561. The number of carbonyl (C=O) groups excluding carboxylic acids is 2. The fraction of sp³-hybridized carbons (Fsp3) is 0.333. The predicted molar refractivity (Wildman–Crippen MR) is 113 cm³/mol. The number of rotatable bonds is 7. The zero-order valence-corrected chi connectivity index (χ0v) is 18.1. The standard InChI is InChI=1S/C21H24N2O7S/c1-15(20(24)22-17-6-8-18(28-2)9-7-17)30-21(25)16-4-3-5-19(14-16)31(26,27)23-10-12-29-13-11-23/h3-9,14-15H,10-13H2,1-2H3,(H,22,24). The van der Waals surface area contributed by atoms with Gasteiger partial charge in [0.05, 0.1) is 30.8 Å². The van der Waals surface area contributed by atoms with Gasteiger partial charge in [0, 0.05) is 18.8 Å². The molecule has 166 valence electrons. The number of benzene rings is 2. The van der Waals surface area contributed by atoms with Gasteiger partial charge < -0.3 is 19.5 Å². The molecule has 0 aliphatic carbocycles. The summed E-state index contributed by atoms with van der Waals surface area (Å²) in [6.45, 7) is 2.58. The first-order valence-corrected chi connectivity index (χ1v) is 11.1. The number of sulfonamides is 1.